The Balaban J connectivity index is 1.83. The highest BCUT2D eigenvalue weighted by atomic mass is 16.6. The van der Waals surface area contributed by atoms with Crippen LogP contribution in [0, 0.1) is 16.7 Å². The number of ether oxygens (including phenoxy) is 3. The van der Waals surface area contributed by atoms with Gasteiger partial charge in [-0.2, -0.15) is 0 Å². The molecule has 0 bridgehead atoms. The highest BCUT2D eigenvalue weighted by molar-refractivity contribution is 5.89. The predicted molar refractivity (Wildman–Crippen MR) is 134 cm³/mol. The van der Waals surface area contributed by atoms with Crippen LogP contribution in [0.1, 0.15) is 64.2 Å². The predicted octanol–water partition coefficient (Wildman–Crippen LogP) is 2.79. The van der Waals surface area contributed by atoms with Crippen LogP contribution in [0.3, 0.4) is 0 Å². The van der Waals surface area contributed by atoms with E-state index in [2.05, 4.69) is 4.98 Å². The molecule has 1 aromatic heterocycles. The van der Waals surface area contributed by atoms with Crippen molar-refractivity contribution in [2.24, 2.45) is 16.7 Å². The number of carbonyl (C=O) groups excluding carboxylic acids is 3. The van der Waals surface area contributed by atoms with E-state index < -0.39 is 64.3 Å². The molecular formula is C28H35NO9. The maximum absolute atomic E-state index is 13.1. The largest absolute Gasteiger partial charge is 0.502 e. The number of cyclic esters (lactones) is 1. The molecule has 1 aromatic rings. The van der Waals surface area contributed by atoms with Gasteiger partial charge in [-0.3, -0.25) is 9.78 Å². The standard InChI is InChI=1S/C28H35NO9/c1-15-8-6-10-19-26(15,3)23(38-24(33)17-9-7-11-29-13-17)22(32)28(5,35)27(19,4)20(37-16(2)30)12-18-14-36-25(34)21(18)31/h7-9,11,13,19-20,22-23,31-32,35H,6,10,12,14H2,1-5H3/t19-,20-,22-,23-,26-,27-,28+/m0/s1. The minimum Gasteiger partial charge on any atom is -0.502 e. The van der Waals surface area contributed by atoms with Crippen LogP contribution in [0.4, 0.5) is 0 Å². The van der Waals surface area contributed by atoms with Gasteiger partial charge in [0, 0.05) is 42.1 Å². The van der Waals surface area contributed by atoms with E-state index in [0.29, 0.717) is 12.8 Å². The van der Waals surface area contributed by atoms with Crippen molar-refractivity contribution in [3.63, 3.8) is 0 Å². The number of rotatable bonds is 6. The Labute approximate surface area is 221 Å². The van der Waals surface area contributed by atoms with Crippen LogP contribution < -0.4 is 0 Å². The summed E-state index contributed by atoms with van der Waals surface area (Å²) in [5, 5.41) is 34.1. The fourth-order valence-corrected chi connectivity index (χ4v) is 6.69. The molecule has 3 N–H and O–H groups in total. The van der Waals surface area contributed by atoms with Crippen molar-refractivity contribution in [3.8, 4) is 0 Å². The summed E-state index contributed by atoms with van der Waals surface area (Å²) in [7, 11) is 0. The van der Waals surface area contributed by atoms with Gasteiger partial charge in [-0.25, -0.2) is 9.59 Å². The van der Waals surface area contributed by atoms with Crippen molar-refractivity contribution in [2.75, 3.05) is 6.61 Å². The molecule has 7 atom stereocenters. The van der Waals surface area contributed by atoms with Gasteiger partial charge in [-0.1, -0.05) is 25.5 Å². The second-order valence-corrected chi connectivity index (χ2v) is 11.1. The number of aromatic nitrogens is 1. The monoisotopic (exact) mass is 529 g/mol. The molecule has 206 valence electrons. The molecule has 2 aliphatic carbocycles. The van der Waals surface area contributed by atoms with Crippen LogP contribution in [0.5, 0.6) is 0 Å². The molecular weight excluding hydrogens is 494 g/mol. The summed E-state index contributed by atoms with van der Waals surface area (Å²) in [6.45, 7) is 8.01. The molecule has 3 aliphatic rings. The van der Waals surface area contributed by atoms with E-state index in [1.165, 1.54) is 26.2 Å². The number of esters is 3. The summed E-state index contributed by atoms with van der Waals surface area (Å²) in [6, 6.07) is 3.15. The average Bonchev–Trinajstić information content (AvgIpc) is 3.19. The third-order valence-corrected chi connectivity index (χ3v) is 9.19. The van der Waals surface area contributed by atoms with Crippen LogP contribution >= 0.6 is 0 Å². The molecule has 0 spiro atoms. The molecule has 10 nitrogen and oxygen atoms in total. The summed E-state index contributed by atoms with van der Waals surface area (Å²) in [5.41, 5.74) is -2.89. The number of carbonyl (C=O) groups is 3. The number of hydrogen-bond donors (Lipinski definition) is 3. The molecule has 4 rings (SSSR count). The molecule has 0 radical (unpaired) electrons. The van der Waals surface area contributed by atoms with Gasteiger partial charge >= 0.3 is 17.9 Å². The van der Waals surface area contributed by atoms with Gasteiger partial charge in [0.1, 0.15) is 30.5 Å². The highest BCUT2D eigenvalue weighted by Crippen LogP contribution is 2.64. The number of aliphatic hydroxyl groups is 3. The van der Waals surface area contributed by atoms with Crippen LogP contribution in [0.15, 0.2) is 47.5 Å². The Morgan fingerprint density at radius 1 is 1.29 bits per heavy atom. The number of nitrogens with zero attached hydrogens (tertiary/aromatic N) is 1. The Hall–Kier alpha value is -3.24. The normalized spacial score (nSPS) is 35.6. The molecule has 1 aliphatic heterocycles. The third kappa shape index (κ3) is 4.19. The first-order valence-corrected chi connectivity index (χ1v) is 12.7. The number of aliphatic hydroxyl groups excluding tert-OH is 2. The lowest BCUT2D eigenvalue weighted by Crippen LogP contribution is -2.75. The quantitative estimate of drug-likeness (QED) is 0.285. The molecule has 10 heteroatoms. The van der Waals surface area contributed by atoms with Crippen LogP contribution in [0.25, 0.3) is 0 Å². The van der Waals surface area contributed by atoms with Crippen molar-refractivity contribution in [1.82, 2.24) is 4.98 Å². The smallest absolute Gasteiger partial charge is 0.373 e. The van der Waals surface area contributed by atoms with E-state index in [-0.39, 0.29) is 24.2 Å². The van der Waals surface area contributed by atoms with Crippen LogP contribution in [0.2, 0.25) is 0 Å². The van der Waals surface area contributed by atoms with E-state index in [1.807, 2.05) is 19.9 Å². The van der Waals surface area contributed by atoms with Crippen LogP contribution in [-0.2, 0) is 23.8 Å². The molecule has 0 amide bonds. The van der Waals surface area contributed by atoms with Crippen molar-refractivity contribution in [1.29, 1.82) is 0 Å². The number of fused-ring (bicyclic) bond motifs is 1. The van der Waals surface area contributed by atoms with Gasteiger partial charge in [0.15, 0.2) is 0 Å². The molecule has 0 saturated heterocycles. The summed E-state index contributed by atoms with van der Waals surface area (Å²) >= 11 is 0. The van der Waals surface area contributed by atoms with Gasteiger partial charge in [0.25, 0.3) is 0 Å². The molecule has 1 saturated carbocycles. The summed E-state index contributed by atoms with van der Waals surface area (Å²) in [6.07, 6.45) is 2.23. The lowest BCUT2D eigenvalue weighted by atomic mass is 9.43. The van der Waals surface area contributed by atoms with E-state index >= 15 is 0 Å². The lowest BCUT2D eigenvalue weighted by molar-refractivity contribution is -0.291. The maximum atomic E-state index is 13.1. The van der Waals surface area contributed by atoms with Crippen LogP contribution in [-0.4, -0.2) is 68.7 Å². The zero-order valence-corrected chi connectivity index (χ0v) is 22.3. The Bertz CT molecular complexity index is 1190. The zero-order valence-electron chi connectivity index (χ0n) is 22.3. The summed E-state index contributed by atoms with van der Waals surface area (Å²) < 4.78 is 16.7. The molecule has 0 aromatic carbocycles. The minimum absolute atomic E-state index is 0.0913. The third-order valence-electron chi connectivity index (χ3n) is 9.19. The van der Waals surface area contributed by atoms with Crippen molar-refractivity contribution < 1.29 is 43.9 Å². The van der Waals surface area contributed by atoms with Gasteiger partial charge in [0.05, 0.1) is 5.56 Å². The fourth-order valence-electron chi connectivity index (χ4n) is 6.69. The topological polar surface area (TPSA) is 152 Å². The van der Waals surface area contributed by atoms with Gasteiger partial charge in [0.2, 0.25) is 5.76 Å². The van der Waals surface area contributed by atoms with E-state index in [4.69, 9.17) is 14.2 Å². The lowest BCUT2D eigenvalue weighted by Gasteiger charge is -2.66. The highest BCUT2D eigenvalue weighted by Gasteiger charge is 2.71. The molecule has 0 unspecified atom stereocenters. The van der Waals surface area contributed by atoms with Gasteiger partial charge in [-0.15, -0.1) is 0 Å². The first kappa shape index (κ1) is 27.8. The van der Waals surface area contributed by atoms with E-state index in [9.17, 15) is 29.7 Å². The van der Waals surface area contributed by atoms with E-state index in [0.717, 1.165) is 5.57 Å². The second kappa shape index (κ2) is 9.81. The van der Waals surface area contributed by atoms with Gasteiger partial charge < -0.3 is 29.5 Å². The summed E-state index contributed by atoms with van der Waals surface area (Å²) in [5.74, 6) is -3.18. The van der Waals surface area contributed by atoms with Crippen molar-refractivity contribution in [2.45, 2.75) is 77.8 Å². The Morgan fingerprint density at radius 3 is 2.58 bits per heavy atom. The SMILES string of the molecule is CC(=O)O[C@@H](CC1=C(O)C(=O)OC1)[C@]1(C)[C@H]2CCC=C(C)[C@]2(C)[C@@H](OC(=O)c2cccnc2)[C@H](O)[C@@]1(C)O. The first-order chi connectivity index (χ1) is 17.8. The number of pyridine rings is 1. The van der Waals surface area contributed by atoms with Gasteiger partial charge in [-0.05, 0) is 44.7 Å². The first-order valence-electron chi connectivity index (χ1n) is 12.7. The number of hydrogen-bond acceptors (Lipinski definition) is 10. The number of allylic oxidation sites excluding steroid dienone is 1. The fraction of sp³-hybridized carbons (Fsp3) is 0.571. The van der Waals surface area contributed by atoms with E-state index in [1.54, 1.807) is 19.1 Å². The Morgan fingerprint density at radius 2 is 2.00 bits per heavy atom. The molecule has 38 heavy (non-hydrogen) atoms. The maximum Gasteiger partial charge on any atom is 0.373 e. The molecule has 1 fully saturated rings. The average molecular weight is 530 g/mol. The van der Waals surface area contributed by atoms with Crippen molar-refractivity contribution in [3.05, 3.63) is 53.1 Å². The minimum atomic E-state index is -1.94. The zero-order chi connectivity index (χ0) is 28.0. The molecule has 2 heterocycles. The second-order valence-electron chi connectivity index (χ2n) is 11.1. The summed E-state index contributed by atoms with van der Waals surface area (Å²) in [4.78, 5) is 41.2. The Kier molecular flexibility index (Phi) is 7.18. The van der Waals surface area contributed by atoms with Crippen molar-refractivity contribution >= 4 is 17.9 Å².